The fraction of sp³-hybridized carbons (Fsp3) is 0.517. The number of amides is 1. The lowest BCUT2D eigenvalue weighted by Gasteiger charge is -2.39. The highest BCUT2D eigenvalue weighted by atomic mass is 16.6. The maximum absolute atomic E-state index is 12.7. The van der Waals surface area contributed by atoms with Crippen LogP contribution in [0.15, 0.2) is 42.6 Å². The SMILES string of the molecule is COc1ccc(-c2cccc3[nH]c(OC(=O)NC4CCN(CCN5C6CCC5CC(O)C6)CC4)cc23)cn1. The van der Waals surface area contributed by atoms with Crippen molar-refractivity contribution in [2.45, 2.75) is 62.8 Å². The molecule has 9 heteroatoms. The van der Waals surface area contributed by atoms with Crippen LogP contribution in [0.5, 0.6) is 11.8 Å². The van der Waals surface area contributed by atoms with E-state index in [9.17, 15) is 9.90 Å². The van der Waals surface area contributed by atoms with Crippen LogP contribution in [0.1, 0.15) is 38.5 Å². The first-order chi connectivity index (χ1) is 18.6. The molecule has 0 spiro atoms. The number of nitrogens with zero attached hydrogens (tertiary/aromatic N) is 3. The molecule has 9 nitrogen and oxygen atoms in total. The summed E-state index contributed by atoms with van der Waals surface area (Å²) in [5.41, 5.74) is 2.86. The number of aliphatic hydroxyl groups is 1. The Morgan fingerprint density at radius 2 is 1.89 bits per heavy atom. The predicted molar refractivity (Wildman–Crippen MR) is 145 cm³/mol. The number of piperidine rings is 2. The first-order valence-electron chi connectivity index (χ1n) is 13.8. The number of methoxy groups -OCH3 is 1. The summed E-state index contributed by atoms with van der Waals surface area (Å²) in [5, 5.41) is 14.1. The second-order valence-corrected chi connectivity index (χ2v) is 10.9. The minimum Gasteiger partial charge on any atom is -0.481 e. The molecule has 2 unspecified atom stereocenters. The predicted octanol–water partition coefficient (Wildman–Crippen LogP) is 3.78. The number of ether oxygens (including phenoxy) is 2. The van der Waals surface area contributed by atoms with Gasteiger partial charge in [0.1, 0.15) is 0 Å². The number of carbonyl (C=O) groups excluding carboxylic acids is 1. The molecule has 0 saturated carbocycles. The first-order valence-corrected chi connectivity index (χ1v) is 13.8. The number of hydrogen-bond acceptors (Lipinski definition) is 7. The van der Waals surface area contributed by atoms with Gasteiger partial charge in [-0.15, -0.1) is 0 Å². The fourth-order valence-electron chi connectivity index (χ4n) is 6.56. The van der Waals surface area contributed by atoms with Crippen molar-refractivity contribution >= 4 is 17.0 Å². The molecular weight excluding hydrogens is 482 g/mol. The fourth-order valence-corrected chi connectivity index (χ4v) is 6.56. The molecule has 2 bridgehead atoms. The summed E-state index contributed by atoms with van der Waals surface area (Å²) >= 11 is 0. The number of hydrogen-bond donors (Lipinski definition) is 3. The average molecular weight is 520 g/mol. The minimum absolute atomic E-state index is 0.109. The van der Waals surface area contributed by atoms with E-state index in [4.69, 9.17) is 9.47 Å². The molecule has 1 amide bonds. The van der Waals surface area contributed by atoms with Crippen LogP contribution in [0.2, 0.25) is 0 Å². The molecule has 6 rings (SSSR count). The van der Waals surface area contributed by atoms with Gasteiger partial charge >= 0.3 is 6.09 Å². The van der Waals surface area contributed by atoms with Gasteiger partial charge in [-0.2, -0.15) is 0 Å². The van der Waals surface area contributed by atoms with Gasteiger partial charge in [-0.05, 0) is 56.2 Å². The molecule has 38 heavy (non-hydrogen) atoms. The molecule has 2 atom stereocenters. The summed E-state index contributed by atoms with van der Waals surface area (Å²) < 4.78 is 10.8. The third kappa shape index (κ3) is 5.36. The zero-order valence-corrected chi connectivity index (χ0v) is 21.9. The van der Waals surface area contributed by atoms with Gasteiger partial charge in [-0.1, -0.05) is 12.1 Å². The van der Waals surface area contributed by atoms with Crippen LogP contribution < -0.4 is 14.8 Å². The number of aliphatic hydroxyl groups excluding tert-OH is 1. The van der Waals surface area contributed by atoms with Crippen molar-refractivity contribution in [2.24, 2.45) is 0 Å². The van der Waals surface area contributed by atoms with E-state index in [1.54, 1.807) is 13.3 Å². The molecule has 3 fully saturated rings. The molecule has 2 aromatic heterocycles. The van der Waals surface area contributed by atoms with Crippen molar-refractivity contribution in [3.63, 3.8) is 0 Å². The number of nitrogens with one attached hydrogen (secondary N) is 2. The van der Waals surface area contributed by atoms with Gasteiger partial charge in [0.2, 0.25) is 11.8 Å². The number of benzene rings is 1. The van der Waals surface area contributed by atoms with Crippen LogP contribution in [0.3, 0.4) is 0 Å². The van der Waals surface area contributed by atoms with Crippen molar-refractivity contribution in [3.05, 3.63) is 42.6 Å². The van der Waals surface area contributed by atoms with Crippen LogP contribution in [-0.4, -0.2) is 88.5 Å². The molecule has 0 aliphatic carbocycles. The zero-order valence-electron chi connectivity index (χ0n) is 21.9. The Bertz CT molecular complexity index is 1240. The zero-order chi connectivity index (χ0) is 26.1. The Labute approximate surface area is 223 Å². The molecule has 202 valence electrons. The second-order valence-electron chi connectivity index (χ2n) is 10.9. The lowest BCUT2D eigenvalue weighted by Crippen LogP contribution is -2.50. The molecule has 0 radical (unpaired) electrons. The molecule has 3 aromatic rings. The van der Waals surface area contributed by atoms with Gasteiger partial charge in [-0.25, -0.2) is 9.78 Å². The van der Waals surface area contributed by atoms with Crippen molar-refractivity contribution in [1.82, 2.24) is 25.1 Å². The Hall–Kier alpha value is -3.14. The summed E-state index contributed by atoms with van der Waals surface area (Å²) in [6.07, 6.45) is 7.40. The highest BCUT2D eigenvalue weighted by Crippen LogP contribution is 2.35. The standard InChI is InChI=1S/C29H37N5O4/c1-37-27-8-5-19(18-30-27)24-3-2-4-26-25(24)17-28(32-26)38-29(36)31-20-9-11-33(12-10-20)13-14-34-21-6-7-22(34)16-23(35)15-21/h2-5,8,17-18,20-23,32,35H,6-7,9-16H2,1H3,(H,31,36). The van der Waals surface area contributed by atoms with E-state index in [-0.39, 0.29) is 12.1 Å². The number of H-pyrrole nitrogens is 1. The van der Waals surface area contributed by atoms with Crippen molar-refractivity contribution in [2.75, 3.05) is 33.3 Å². The van der Waals surface area contributed by atoms with Crippen molar-refractivity contribution in [1.29, 1.82) is 0 Å². The quantitative estimate of drug-likeness (QED) is 0.437. The Kier molecular flexibility index (Phi) is 7.23. The third-order valence-corrected chi connectivity index (χ3v) is 8.54. The molecular formula is C29H37N5O4. The molecule has 3 saturated heterocycles. The van der Waals surface area contributed by atoms with E-state index in [0.717, 1.165) is 73.9 Å². The minimum atomic E-state index is -0.425. The molecule has 1 aromatic carbocycles. The highest BCUT2D eigenvalue weighted by Gasteiger charge is 2.39. The Balaban J connectivity index is 0.994. The third-order valence-electron chi connectivity index (χ3n) is 8.54. The highest BCUT2D eigenvalue weighted by molar-refractivity contribution is 5.96. The smallest absolute Gasteiger partial charge is 0.414 e. The monoisotopic (exact) mass is 519 g/mol. The van der Waals surface area contributed by atoms with Crippen LogP contribution in [0.4, 0.5) is 4.79 Å². The van der Waals surface area contributed by atoms with Crippen molar-refractivity contribution in [3.8, 4) is 22.9 Å². The summed E-state index contributed by atoms with van der Waals surface area (Å²) in [6.45, 7) is 4.09. The summed E-state index contributed by atoms with van der Waals surface area (Å²) in [4.78, 5) is 25.3. The number of carbonyl (C=O) groups is 1. The Morgan fingerprint density at radius 3 is 2.61 bits per heavy atom. The topological polar surface area (TPSA) is 103 Å². The number of aromatic amines is 1. The Morgan fingerprint density at radius 1 is 1.11 bits per heavy atom. The second kappa shape index (κ2) is 10.9. The van der Waals surface area contributed by atoms with E-state index in [0.29, 0.717) is 23.8 Å². The van der Waals surface area contributed by atoms with E-state index in [2.05, 4.69) is 25.1 Å². The van der Waals surface area contributed by atoms with Crippen molar-refractivity contribution < 1.29 is 19.4 Å². The maximum atomic E-state index is 12.7. The van der Waals surface area contributed by atoms with E-state index in [1.165, 1.54) is 12.8 Å². The number of likely N-dealkylation sites (tertiary alicyclic amines) is 1. The molecule has 3 aliphatic rings. The van der Waals surface area contributed by atoms with E-state index >= 15 is 0 Å². The summed E-state index contributed by atoms with van der Waals surface area (Å²) in [6, 6.07) is 12.9. The van der Waals surface area contributed by atoms with Crippen LogP contribution >= 0.6 is 0 Å². The maximum Gasteiger partial charge on any atom is 0.414 e. The van der Waals surface area contributed by atoms with Crippen LogP contribution in [0.25, 0.3) is 22.0 Å². The number of pyridine rings is 1. The normalized spacial score (nSPS) is 24.5. The molecule has 5 heterocycles. The number of fused-ring (bicyclic) bond motifs is 3. The first kappa shape index (κ1) is 25.2. The summed E-state index contributed by atoms with van der Waals surface area (Å²) in [7, 11) is 1.60. The van der Waals surface area contributed by atoms with E-state index < -0.39 is 6.09 Å². The largest absolute Gasteiger partial charge is 0.481 e. The lowest BCUT2D eigenvalue weighted by atomic mass is 10.00. The van der Waals surface area contributed by atoms with Gasteiger partial charge in [-0.3, -0.25) is 4.90 Å². The number of aromatic nitrogens is 2. The van der Waals surface area contributed by atoms with E-state index in [1.807, 2.05) is 36.4 Å². The van der Waals surface area contributed by atoms with Gasteiger partial charge in [0.05, 0.1) is 13.2 Å². The van der Waals surface area contributed by atoms with Crippen LogP contribution in [-0.2, 0) is 0 Å². The van der Waals surface area contributed by atoms with Crippen LogP contribution in [0, 0.1) is 0 Å². The average Bonchev–Trinajstić information content (AvgIpc) is 3.44. The molecule has 3 N–H and O–H groups in total. The van der Waals surface area contributed by atoms with Gasteiger partial charge in [0.25, 0.3) is 0 Å². The lowest BCUT2D eigenvalue weighted by molar-refractivity contribution is 0.0285. The van der Waals surface area contributed by atoms with Gasteiger partial charge in [0.15, 0.2) is 0 Å². The van der Waals surface area contributed by atoms with Gasteiger partial charge < -0.3 is 29.8 Å². The van der Waals surface area contributed by atoms with Gasteiger partial charge in [0, 0.05) is 79.1 Å². The number of rotatable bonds is 7. The summed E-state index contributed by atoms with van der Waals surface area (Å²) in [5.74, 6) is 0.987. The molecule has 3 aliphatic heterocycles.